The van der Waals surface area contributed by atoms with E-state index in [-0.39, 0.29) is 0 Å². The highest BCUT2D eigenvalue weighted by molar-refractivity contribution is 7.15. The lowest BCUT2D eigenvalue weighted by Gasteiger charge is -1.98. The fraction of sp³-hybridized carbons (Fsp3) is 0. The lowest BCUT2D eigenvalue weighted by molar-refractivity contribution is 0.111. The van der Waals surface area contributed by atoms with Gasteiger partial charge in [0.2, 0.25) is 0 Å². The molecule has 0 spiro atoms. The first kappa shape index (κ1) is 31.8. The van der Waals surface area contributed by atoms with E-state index in [1.807, 2.05) is 36.4 Å². The molecule has 0 N–H and O–H groups in total. The number of thiophene rings is 4. The van der Waals surface area contributed by atoms with E-state index in [0.717, 1.165) is 55.8 Å². The summed E-state index contributed by atoms with van der Waals surface area (Å²) >= 11 is 5.23. The van der Waals surface area contributed by atoms with Gasteiger partial charge in [-0.05, 0) is 95.5 Å². The van der Waals surface area contributed by atoms with Crippen molar-refractivity contribution in [2.75, 3.05) is 0 Å². The molecular weight excluding hydrogens is 649 g/mol. The molecule has 4 aromatic heterocycles. The van der Waals surface area contributed by atoms with E-state index < -0.39 is 0 Å². The summed E-state index contributed by atoms with van der Waals surface area (Å²) in [7, 11) is 0. The maximum atomic E-state index is 11.1. The van der Waals surface area contributed by atoms with Crippen molar-refractivity contribution >= 4 is 82.6 Å². The summed E-state index contributed by atoms with van der Waals surface area (Å²) in [5.41, 5.74) is 2.88. The summed E-state index contributed by atoms with van der Waals surface area (Å²) in [5, 5.41) is 0. The third-order valence-electron chi connectivity index (χ3n) is 5.81. The summed E-state index contributed by atoms with van der Waals surface area (Å²) in [6.45, 7) is 0. The Hall–Kier alpha value is -5.58. The standard InChI is InChI=1S/C38H18O4S4/c39-23-35-17-13-31(43-35)9-5-29(6-10-32-14-18-36(24-40)44-32)21-27-1-2-28(4-3-27)22-30(7-11-33-15-19-37(25-41)45-33)8-12-34-16-20-38(26-42)46-34/h1-4,13-26H. The van der Waals surface area contributed by atoms with Crippen LogP contribution < -0.4 is 0 Å². The SMILES string of the molecule is O=Cc1ccc(C#CC(C#Cc2ccc(C=O)s2)=Cc2ccc(C=C(C#Cc3ccc(C=O)s3)C#Cc3ccc(C=O)s3)cc2)s1. The summed E-state index contributed by atoms with van der Waals surface area (Å²) < 4.78 is 0. The van der Waals surface area contributed by atoms with Gasteiger partial charge in [-0.1, -0.05) is 47.9 Å². The zero-order valence-electron chi connectivity index (χ0n) is 23.7. The van der Waals surface area contributed by atoms with Gasteiger partial charge in [-0.15, -0.1) is 45.3 Å². The maximum Gasteiger partial charge on any atom is 0.160 e. The largest absolute Gasteiger partial charge is 0.297 e. The molecule has 0 aliphatic rings. The van der Waals surface area contributed by atoms with Crippen LogP contribution in [0.4, 0.5) is 0 Å². The molecule has 0 aliphatic heterocycles. The minimum absolute atomic E-state index is 0.569. The van der Waals surface area contributed by atoms with Crippen LogP contribution in [0.15, 0.2) is 83.9 Å². The van der Waals surface area contributed by atoms with Gasteiger partial charge < -0.3 is 0 Å². The van der Waals surface area contributed by atoms with E-state index in [1.165, 1.54) is 45.3 Å². The Labute approximate surface area is 281 Å². The van der Waals surface area contributed by atoms with Gasteiger partial charge in [0.1, 0.15) is 0 Å². The highest BCUT2D eigenvalue weighted by Gasteiger charge is 2.00. The van der Waals surface area contributed by atoms with Gasteiger partial charge in [-0.2, -0.15) is 0 Å². The van der Waals surface area contributed by atoms with Crippen molar-refractivity contribution in [3.8, 4) is 47.4 Å². The van der Waals surface area contributed by atoms with Crippen LogP contribution in [0.2, 0.25) is 0 Å². The quantitative estimate of drug-likeness (QED) is 0.136. The molecular formula is C38H18O4S4. The van der Waals surface area contributed by atoms with Crippen LogP contribution in [0.3, 0.4) is 0 Å². The normalized spacial score (nSPS) is 9.39. The van der Waals surface area contributed by atoms with E-state index in [2.05, 4.69) is 47.4 Å². The molecule has 218 valence electrons. The maximum absolute atomic E-state index is 11.1. The second-order valence-corrected chi connectivity index (χ2v) is 13.5. The minimum Gasteiger partial charge on any atom is -0.297 e. The molecule has 0 unspecified atom stereocenters. The second kappa shape index (κ2) is 15.9. The molecule has 5 rings (SSSR count). The Bertz CT molecular complexity index is 1960. The van der Waals surface area contributed by atoms with Crippen molar-refractivity contribution in [2.24, 2.45) is 0 Å². The first-order valence-electron chi connectivity index (χ1n) is 13.3. The van der Waals surface area contributed by atoms with Crippen LogP contribution in [-0.4, -0.2) is 25.1 Å². The first-order chi connectivity index (χ1) is 22.5. The molecule has 0 fully saturated rings. The Morgan fingerprint density at radius 2 is 0.652 bits per heavy atom. The Morgan fingerprint density at radius 1 is 0.391 bits per heavy atom. The molecule has 0 saturated heterocycles. The van der Waals surface area contributed by atoms with E-state index in [9.17, 15) is 19.2 Å². The number of hydrogen-bond donors (Lipinski definition) is 0. The fourth-order valence-corrected chi connectivity index (χ4v) is 6.38. The van der Waals surface area contributed by atoms with Crippen LogP contribution in [0.1, 0.15) is 69.3 Å². The van der Waals surface area contributed by atoms with Crippen LogP contribution in [0.5, 0.6) is 0 Å². The monoisotopic (exact) mass is 666 g/mol. The average Bonchev–Trinajstić information content (AvgIpc) is 3.92. The predicted molar refractivity (Wildman–Crippen MR) is 189 cm³/mol. The summed E-state index contributed by atoms with van der Waals surface area (Å²) in [6, 6.07) is 21.8. The van der Waals surface area contributed by atoms with Crippen LogP contribution in [0.25, 0.3) is 12.2 Å². The number of allylic oxidation sites excluding steroid dienone is 2. The van der Waals surface area contributed by atoms with Crippen molar-refractivity contribution in [3.63, 3.8) is 0 Å². The molecule has 0 aliphatic carbocycles. The molecule has 1 aromatic carbocycles. The zero-order valence-corrected chi connectivity index (χ0v) is 26.9. The lowest BCUT2D eigenvalue weighted by Crippen LogP contribution is -1.81. The number of aldehydes is 4. The zero-order chi connectivity index (χ0) is 32.1. The summed E-state index contributed by atoms with van der Waals surface area (Å²) in [4.78, 5) is 49.7. The predicted octanol–water partition coefficient (Wildman–Crippen LogP) is 8.16. The van der Waals surface area contributed by atoms with E-state index in [4.69, 9.17) is 0 Å². The van der Waals surface area contributed by atoms with E-state index >= 15 is 0 Å². The van der Waals surface area contributed by atoms with Gasteiger partial charge >= 0.3 is 0 Å². The van der Waals surface area contributed by atoms with Crippen LogP contribution in [-0.2, 0) is 0 Å². The molecule has 0 saturated carbocycles. The Kier molecular flexibility index (Phi) is 11.0. The van der Waals surface area contributed by atoms with Crippen molar-refractivity contribution in [2.45, 2.75) is 0 Å². The molecule has 0 atom stereocenters. The van der Waals surface area contributed by atoms with Gasteiger partial charge in [0, 0.05) is 0 Å². The highest BCUT2D eigenvalue weighted by atomic mass is 32.1. The molecule has 0 radical (unpaired) electrons. The van der Waals surface area contributed by atoms with Gasteiger partial charge in [0.05, 0.1) is 50.2 Å². The Morgan fingerprint density at radius 3 is 0.870 bits per heavy atom. The third-order valence-corrected chi connectivity index (χ3v) is 9.52. The first-order valence-corrected chi connectivity index (χ1v) is 16.6. The second-order valence-electron chi connectivity index (χ2n) is 9.06. The number of benzene rings is 1. The number of rotatable bonds is 6. The lowest BCUT2D eigenvalue weighted by atomic mass is 10.1. The third kappa shape index (κ3) is 9.21. The molecule has 4 nitrogen and oxygen atoms in total. The van der Waals surface area contributed by atoms with Gasteiger partial charge in [-0.25, -0.2) is 0 Å². The van der Waals surface area contributed by atoms with Crippen molar-refractivity contribution in [3.05, 3.63) is 134 Å². The number of carbonyl (C=O) groups excluding carboxylic acids is 4. The highest BCUT2D eigenvalue weighted by Crippen LogP contribution is 2.18. The van der Waals surface area contributed by atoms with E-state index in [1.54, 1.807) is 48.5 Å². The van der Waals surface area contributed by atoms with Gasteiger partial charge in [-0.3, -0.25) is 19.2 Å². The Balaban J connectivity index is 1.45. The molecule has 4 heterocycles. The fourth-order valence-electron chi connectivity index (χ4n) is 3.68. The summed E-state index contributed by atoms with van der Waals surface area (Å²) in [5.74, 6) is 24.8. The molecule has 46 heavy (non-hydrogen) atoms. The minimum atomic E-state index is 0.569. The molecule has 0 amide bonds. The van der Waals surface area contributed by atoms with Crippen LogP contribution >= 0.6 is 45.3 Å². The van der Waals surface area contributed by atoms with Crippen molar-refractivity contribution in [1.82, 2.24) is 0 Å². The molecule has 5 aromatic rings. The number of carbonyl (C=O) groups is 4. The van der Waals surface area contributed by atoms with Gasteiger partial charge in [0.25, 0.3) is 0 Å². The average molecular weight is 667 g/mol. The summed E-state index contributed by atoms with van der Waals surface area (Å²) in [6.07, 6.45) is 6.93. The molecule has 0 bridgehead atoms. The van der Waals surface area contributed by atoms with E-state index in [0.29, 0.717) is 30.7 Å². The topological polar surface area (TPSA) is 68.3 Å². The van der Waals surface area contributed by atoms with Crippen LogP contribution in [0, 0.1) is 47.4 Å². The smallest absolute Gasteiger partial charge is 0.160 e. The van der Waals surface area contributed by atoms with Crippen molar-refractivity contribution in [1.29, 1.82) is 0 Å². The van der Waals surface area contributed by atoms with Crippen molar-refractivity contribution < 1.29 is 19.2 Å². The molecule has 8 heteroatoms. The number of hydrogen-bond acceptors (Lipinski definition) is 8. The van der Waals surface area contributed by atoms with Gasteiger partial charge in [0.15, 0.2) is 25.1 Å².